The predicted octanol–water partition coefficient (Wildman–Crippen LogP) is 4.12. The summed E-state index contributed by atoms with van der Waals surface area (Å²) in [4.78, 5) is 35.1. The second-order valence-electron chi connectivity index (χ2n) is 5.73. The van der Waals surface area contributed by atoms with E-state index in [1.54, 1.807) is 36.4 Å². The number of imide groups is 1. The van der Waals surface area contributed by atoms with Crippen LogP contribution in [0.5, 0.6) is 5.75 Å². The number of ether oxygens (including phenoxy) is 1. The minimum absolute atomic E-state index is 0.139. The van der Waals surface area contributed by atoms with E-state index in [1.807, 2.05) is 12.1 Å². The highest BCUT2D eigenvalue weighted by Crippen LogP contribution is 2.30. The maximum Gasteiger partial charge on any atom is 0.290 e. The van der Waals surface area contributed by atoms with Crippen molar-refractivity contribution < 1.29 is 19.1 Å². The van der Waals surface area contributed by atoms with Gasteiger partial charge >= 0.3 is 0 Å². The summed E-state index contributed by atoms with van der Waals surface area (Å²) in [5.41, 5.74) is 1.65. The average Bonchev–Trinajstić information content (AvgIpc) is 2.97. The Hall–Kier alpha value is -2.29. The standard InChI is InChI=1S/C19H14BrClN2O4S/c20-14-7-12(8-16-18(25)23-19(26)28-16)3-6-15(14)27-10-17(24)22-9-11-1-4-13(21)5-2-11/h1-8H,9-10H2,(H,22,24)(H,23,25,26). The van der Waals surface area contributed by atoms with E-state index in [0.29, 0.717) is 26.7 Å². The van der Waals surface area contributed by atoms with Gasteiger partial charge in [0, 0.05) is 11.6 Å². The van der Waals surface area contributed by atoms with Crippen LogP contribution in [-0.4, -0.2) is 23.7 Å². The fraction of sp³-hybridized carbons (Fsp3) is 0.105. The maximum atomic E-state index is 12.0. The van der Waals surface area contributed by atoms with Crippen LogP contribution in [0.4, 0.5) is 4.79 Å². The number of halogens is 2. The van der Waals surface area contributed by atoms with Gasteiger partial charge in [0.05, 0.1) is 9.38 Å². The third kappa shape index (κ3) is 5.60. The molecule has 0 aliphatic carbocycles. The molecule has 9 heteroatoms. The van der Waals surface area contributed by atoms with Crippen LogP contribution < -0.4 is 15.4 Å². The summed E-state index contributed by atoms with van der Waals surface area (Å²) < 4.78 is 6.16. The van der Waals surface area contributed by atoms with Gasteiger partial charge < -0.3 is 10.1 Å². The molecule has 6 nitrogen and oxygen atoms in total. The average molecular weight is 482 g/mol. The molecule has 1 aliphatic heterocycles. The van der Waals surface area contributed by atoms with Crippen LogP contribution >= 0.6 is 39.3 Å². The van der Waals surface area contributed by atoms with Crippen LogP contribution in [0, 0.1) is 0 Å². The van der Waals surface area contributed by atoms with E-state index >= 15 is 0 Å². The van der Waals surface area contributed by atoms with Crippen LogP contribution in [0.3, 0.4) is 0 Å². The Morgan fingerprint density at radius 2 is 1.96 bits per heavy atom. The minimum Gasteiger partial charge on any atom is -0.483 e. The molecule has 144 valence electrons. The number of hydrogen-bond acceptors (Lipinski definition) is 5. The van der Waals surface area contributed by atoms with Gasteiger partial charge in [-0.25, -0.2) is 0 Å². The molecular formula is C19H14BrClN2O4S. The SMILES string of the molecule is O=C(COc1ccc(C=C2SC(=O)NC2=O)cc1Br)NCc1ccc(Cl)cc1. The van der Waals surface area contributed by atoms with E-state index in [1.165, 1.54) is 0 Å². The zero-order valence-electron chi connectivity index (χ0n) is 14.3. The summed E-state index contributed by atoms with van der Waals surface area (Å²) in [7, 11) is 0. The van der Waals surface area contributed by atoms with Crippen LogP contribution in [0.15, 0.2) is 51.8 Å². The summed E-state index contributed by atoms with van der Waals surface area (Å²) in [5.74, 6) is -0.183. The molecule has 0 unspecified atom stereocenters. The molecule has 1 heterocycles. The summed E-state index contributed by atoms with van der Waals surface area (Å²) >= 11 is 10.1. The number of benzene rings is 2. The molecule has 1 aliphatic rings. The van der Waals surface area contributed by atoms with Crippen LogP contribution in [0.2, 0.25) is 5.02 Å². The molecule has 2 aromatic carbocycles. The van der Waals surface area contributed by atoms with Gasteiger partial charge in [0.1, 0.15) is 5.75 Å². The largest absolute Gasteiger partial charge is 0.483 e. The minimum atomic E-state index is -0.413. The number of carbonyl (C=O) groups is 3. The van der Waals surface area contributed by atoms with Crippen molar-refractivity contribution in [2.24, 2.45) is 0 Å². The van der Waals surface area contributed by atoms with E-state index in [2.05, 4.69) is 26.6 Å². The molecule has 0 bridgehead atoms. The Kier molecular flexibility index (Phi) is 6.77. The smallest absolute Gasteiger partial charge is 0.290 e. The van der Waals surface area contributed by atoms with Crippen molar-refractivity contribution in [3.63, 3.8) is 0 Å². The highest BCUT2D eigenvalue weighted by molar-refractivity contribution is 9.10. The Balaban J connectivity index is 1.54. The van der Waals surface area contributed by atoms with E-state index in [4.69, 9.17) is 16.3 Å². The van der Waals surface area contributed by atoms with Gasteiger partial charge in [-0.05, 0) is 69.2 Å². The molecule has 0 saturated carbocycles. The molecule has 2 N–H and O–H groups in total. The highest BCUT2D eigenvalue weighted by Gasteiger charge is 2.24. The lowest BCUT2D eigenvalue weighted by Crippen LogP contribution is -2.28. The summed E-state index contributed by atoms with van der Waals surface area (Å²) in [6.45, 7) is 0.241. The Morgan fingerprint density at radius 1 is 1.21 bits per heavy atom. The second kappa shape index (κ2) is 9.27. The predicted molar refractivity (Wildman–Crippen MR) is 112 cm³/mol. The van der Waals surface area contributed by atoms with Crippen LogP contribution in [-0.2, 0) is 16.1 Å². The molecule has 28 heavy (non-hydrogen) atoms. The van der Waals surface area contributed by atoms with Gasteiger partial charge in [-0.3, -0.25) is 19.7 Å². The van der Waals surface area contributed by atoms with Crippen LogP contribution in [0.1, 0.15) is 11.1 Å². The molecular weight excluding hydrogens is 468 g/mol. The molecule has 1 saturated heterocycles. The van der Waals surface area contributed by atoms with E-state index in [-0.39, 0.29) is 17.8 Å². The fourth-order valence-corrected chi connectivity index (χ4v) is 3.61. The molecule has 1 fully saturated rings. The monoisotopic (exact) mass is 480 g/mol. The molecule has 0 radical (unpaired) electrons. The second-order valence-corrected chi connectivity index (χ2v) is 8.04. The molecule has 0 atom stereocenters. The van der Waals surface area contributed by atoms with Crippen molar-refractivity contribution in [1.82, 2.24) is 10.6 Å². The number of rotatable bonds is 6. The van der Waals surface area contributed by atoms with Gasteiger partial charge in [-0.15, -0.1) is 0 Å². The van der Waals surface area contributed by atoms with Crippen molar-refractivity contribution in [1.29, 1.82) is 0 Å². The Labute approximate surface area is 178 Å². The highest BCUT2D eigenvalue weighted by atomic mass is 79.9. The van der Waals surface area contributed by atoms with Crippen molar-refractivity contribution in [2.45, 2.75) is 6.54 Å². The first kappa shape index (κ1) is 20.4. The fourth-order valence-electron chi connectivity index (χ4n) is 2.29. The van der Waals surface area contributed by atoms with Gasteiger partial charge in [-0.2, -0.15) is 0 Å². The zero-order chi connectivity index (χ0) is 20.1. The molecule has 3 amide bonds. The number of carbonyl (C=O) groups excluding carboxylic acids is 3. The normalized spacial score (nSPS) is 14.9. The van der Waals surface area contributed by atoms with Gasteiger partial charge in [0.2, 0.25) is 0 Å². The summed E-state index contributed by atoms with van der Waals surface area (Å²) in [5, 5.41) is 5.22. The van der Waals surface area contributed by atoms with E-state index < -0.39 is 5.91 Å². The molecule has 0 aromatic heterocycles. The first-order chi connectivity index (χ1) is 13.4. The number of thioether (sulfide) groups is 1. The summed E-state index contributed by atoms with van der Waals surface area (Å²) in [6.07, 6.45) is 1.61. The Bertz CT molecular complexity index is 963. The number of hydrogen-bond donors (Lipinski definition) is 2. The molecule has 3 rings (SSSR count). The van der Waals surface area contributed by atoms with Crippen molar-refractivity contribution in [3.05, 3.63) is 68.0 Å². The summed E-state index contributed by atoms with van der Waals surface area (Å²) in [6, 6.07) is 12.4. The van der Waals surface area contributed by atoms with Crippen molar-refractivity contribution >= 4 is 62.4 Å². The first-order valence-electron chi connectivity index (χ1n) is 8.09. The molecule has 2 aromatic rings. The number of amides is 3. The Morgan fingerprint density at radius 3 is 2.61 bits per heavy atom. The lowest BCUT2D eigenvalue weighted by Gasteiger charge is -2.10. The van der Waals surface area contributed by atoms with Gasteiger partial charge in [0.25, 0.3) is 17.1 Å². The lowest BCUT2D eigenvalue weighted by molar-refractivity contribution is -0.123. The topological polar surface area (TPSA) is 84.5 Å². The first-order valence-corrected chi connectivity index (χ1v) is 10.1. The molecule has 0 spiro atoms. The quantitative estimate of drug-likeness (QED) is 0.606. The third-order valence-corrected chi connectivity index (χ3v) is 5.34. The number of nitrogens with one attached hydrogen (secondary N) is 2. The van der Waals surface area contributed by atoms with Gasteiger partial charge in [0.15, 0.2) is 6.61 Å². The van der Waals surface area contributed by atoms with Gasteiger partial charge in [-0.1, -0.05) is 29.8 Å². The third-order valence-electron chi connectivity index (χ3n) is 3.66. The van der Waals surface area contributed by atoms with Crippen LogP contribution in [0.25, 0.3) is 6.08 Å². The van der Waals surface area contributed by atoms with E-state index in [0.717, 1.165) is 22.9 Å². The maximum absolute atomic E-state index is 12.0. The van der Waals surface area contributed by atoms with Crippen molar-refractivity contribution in [3.8, 4) is 5.75 Å². The lowest BCUT2D eigenvalue weighted by atomic mass is 10.2. The van der Waals surface area contributed by atoms with Crippen molar-refractivity contribution in [2.75, 3.05) is 6.61 Å². The zero-order valence-corrected chi connectivity index (χ0v) is 17.5. The van der Waals surface area contributed by atoms with E-state index in [9.17, 15) is 14.4 Å².